The van der Waals surface area contributed by atoms with Gasteiger partial charge in [-0.2, -0.15) is 5.10 Å². The van der Waals surface area contributed by atoms with Crippen molar-refractivity contribution < 1.29 is 4.79 Å². The Kier molecular flexibility index (Phi) is 2.84. The lowest BCUT2D eigenvalue weighted by Gasteiger charge is -1.98. The summed E-state index contributed by atoms with van der Waals surface area (Å²) in [5, 5.41) is 6.76. The molecule has 70 valence electrons. The van der Waals surface area contributed by atoms with Crippen LogP contribution in [0.1, 0.15) is 16.1 Å². The largest absolute Gasteiger partial charge is 0.348 e. The highest BCUT2D eigenvalue weighted by molar-refractivity contribution is 5.95. The Morgan fingerprint density at radius 2 is 2.54 bits per heavy atom. The number of amides is 1. The van der Waals surface area contributed by atoms with Crippen molar-refractivity contribution in [2.24, 2.45) is 7.05 Å². The summed E-state index contributed by atoms with van der Waals surface area (Å²) in [6.45, 7) is 5.81. The zero-order valence-corrected chi connectivity index (χ0v) is 7.87. The number of carbonyl (C=O) groups is 1. The van der Waals surface area contributed by atoms with E-state index in [1.165, 1.54) is 0 Å². The van der Waals surface area contributed by atoms with Crippen molar-refractivity contribution >= 4 is 5.91 Å². The number of rotatable bonds is 3. The molecule has 1 rings (SSSR count). The maximum Gasteiger partial charge on any atom is 0.254 e. The highest BCUT2D eigenvalue weighted by Crippen LogP contribution is 2.03. The molecule has 1 heterocycles. The molecule has 0 aliphatic heterocycles. The lowest BCUT2D eigenvalue weighted by Crippen LogP contribution is -2.23. The number of hydrogen-bond acceptors (Lipinski definition) is 2. The van der Waals surface area contributed by atoms with Crippen molar-refractivity contribution in [1.29, 1.82) is 0 Å². The van der Waals surface area contributed by atoms with Crippen molar-refractivity contribution in [1.82, 2.24) is 15.1 Å². The molecule has 4 nitrogen and oxygen atoms in total. The molecule has 0 aliphatic carbocycles. The van der Waals surface area contributed by atoms with Crippen LogP contribution in [0, 0.1) is 6.92 Å². The Bertz CT molecular complexity index is 328. The second-order valence-corrected chi connectivity index (χ2v) is 2.80. The summed E-state index contributed by atoms with van der Waals surface area (Å²) in [6.07, 6.45) is 3.34. The van der Waals surface area contributed by atoms with Crippen molar-refractivity contribution in [3.63, 3.8) is 0 Å². The minimum absolute atomic E-state index is 0.106. The monoisotopic (exact) mass is 179 g/mol. The van der Waals surface area contributed by atoms with Gasteiger partial charge in [-0.25, -0.2) is 0 Å². The summed E-state index contributed by atoms with van der Waals surface area (Å²) < 4.78 is 1.62. The van der Waals surface area contributed by atoms with E-state index in [1.54, 1.807) is 24.0 Å². The Morgan fingerprint density at radius 3 is 3.00 bits per heavy atom. The van der Waals surface area contributed by atoms with Crippen LogP contribution in [0.5, 0.6) is 0 Å². The molecule has 0 saturated carbocycles. The summed E-state index contributed by atoms with van der Waals surface area (Å²) in [5.74, 6) is -0.106. The minimum atomic E-state index is -0.106. The fourth-order valence-corrected chi connectivity index (χ4v) is 1.08. The van der Waals surface area contributed by atoms with Crippen LogP contribution in [-0.2, 0) is 7.05 Å². The molecule has 0 aromatic carbocycles. The Balaban J connectivity index is 2.76. The standard InChI is InChI=1S/C9H13N3O/c1-4-5-10-9(13)8-6-12(3)11-7(8)2/h4,6H,1,5H2,2-3H3,(H,10,13). The average molecular weight is 179 g/mol. The van der Waals surface area contributed by atoms with Gasteiger partial charge in [0.2, 0.25) is 0 Å². The van der Waals surface area contributed by atoms with Crippen LogP contribution in [0.25, 0.3) is 0 Å². The fraction of sp³-hybridized carbons (Fsp3) is 0.333. The predicted molar refractivity (Wildman–Crippen MR) is 50.5 cm³/mol. The van der Waals surface area contributed by atoms with Crippen LogP contribution in [0.2, 0.25) is 0 Å². The molecule has 13 heavy (non-hydrogen) atoms. The van der Waals surface area contributed by atoms with Crippen molar-refractivity contribution in [3.05, 3.63) is 30.1 Å². The molecule has 1 aromatic rings. The van der Waals surface area contributed by atoms with Gasteiger partial charge >= 0.3 is 0 Å². The third kappa shape index (κ3) is 2.18. The van der Waals surface area contributed by atoms with Crippen LogP contribution in [-0.4, -0.2) is 22.2 Å². The number of aryl methyl sites for hydroxylation is 2. The second kappa shape index (κ2) is 3.89. The van der Waals surface area contributed by atoms with Gasteiger partial charge in [-0.15, -0.1) is 6.58 Å². The summed E-state index contributed by atoms with van der Waals surface area (Å²) >= 11 is 0. The molecule has 1 N–H and O–H groups in total. The zero-order chi connectivity index (χ0) is 9.84. The van der Waals surface area contributed by atoms with Crippen LogP contribution >= 0.6 is 0 Å². The number of hydrogen-bond donors (Lipinski definition) is 1. The first-order valence-electron chi connectivity index (χ1n) is 4.04. The van der Waals surface area contributed by atoms with Gasteiger partial charge < -0.3 is 5.32 Å². The lowest BCUT2D eigenvalue weighted by molar-refractivity contribution is 0.0957. The summed E-state index contributed by atoms with van der Waals surface area (Å²) in [7, 11) is 1.79. The molecule has 0 aliphatic rings. The third-order valence-electron chi connectivity index (χ3n) is 1.67. The number of nitrogens with one attached hydrogen (secondary N) is 1. The molecule has 0 bridgehead atoms. The topological polar surface area (TPSA) is 46.9 Å². The van der Waals surface area contributed by atoms with E-state index >= 15 is 0 Å². The first kappa shape index (κ1) is 9.51. The number of aromatic nitrogens is 2. The van der Waals surface area contributed by atoms with Crippen molar-refractivity contribution in [2.45, 2.75) is 6.92 Å². The van der Waals surface area contributed by atoms with E-state index in [9.17, 15) is 4.79 Å². The van der Waals surface area contributed by atoms with E-state index < -0.39 is 0 Å². The molecule has 0 unspecified atom stereocenters. The highest BCUT2D eigenvalue weighted by atomic mass is 16.1. The van der Waals surface area contributed by atoms with Gasteiger partial charge in [0.15, 0.2) is 0 Å². The van der Waals surface area contributed by atoms with E-state index in [0.717, 1.165) is 5.69 Å². The van der Waals surface area contributed by atoms with Crippen molar-refractivity contribution in [3.8, 4) is 0 Å². The molecule has 1 amide bonds. The summed E-state index contributed by atoms with van der Waals surface area (Å²) in [4.78, 5) is 11.4. The predicted octanol–water partition coefficient (Wildman–Crippen LogP) is 0.644. The fourth-order valence-electron chi connectivity index (χ4n) is 1.08. The van der Waals surface area contributed by atoms with Gasteiger partial charge in [0.25, 0.3) is 5.91 Å². The Morgan fingerprint density at radius 1 is 1.85 bits per heavy atom. The van der Waals surface area contributed by atoms with Crippen LogP contribution in [0.4, 0.5) is 0 Å². The Hall–Kier alpha value is -1.58. The van der Waals surface area contributed by atoms with Crippen LogP contribution in [0.3, 0.4) is 0 Å². The molecule has 0 radical (unpaired) electrons. The molecule has 0 saturated heterocycles. The summed E-state index contributed by atoms with van der Waals surface area (Å²) in [6, 6.07) is 0. The normalized spacial score (nSPS) is 9.69. The van der Waals surface area contributed by atoms with E-state index in [2.05, 4.69) is 17.0 Å². The van der Waals surface area contributed by atoms with E-state index in [0.29, 0.717) is 12.1 Å². The average Bonchev–Trinajstić information content (AvgIpc) is 2.41. The number of carbonyl (C=O) groups excluding carboxylic acids is 1. The summed E-state index contributed by atoms with van der Waals surface area (Å²) in [5.41, 5.74) is 1.36. The molecule has 0 fully saturated rings. The van der Waals surface area contributed by atoms with Crippen molar-refractivity contribution in [2.75, 3.05) is 6.54 Å². The molecule has 1 aromatic heterocycles. The number of nitrogens with zero attached hydrogens (tertiary/aromatic N) is 2. The first-order chi connectivity index (χ1) is 6.15. The maximum absolute atomic E-state index is 11.4. The zero-order valence-electron chi connectivity index (χ0n) is 7.87. The van der Waals surface area contributed by atoms with Gasteiger partial charge in [0.05, 0.1) is 11.3 Å². The highest BCUT2D eigenvalue weighted by Gasteiger charge is 2.10. The van der Waals surface area contributed by atoms with E-state index in [4.69, 9.17) is 0 Å². The molecule has 0 spiro atoms. The van der Waals surface area contributed by atoms with Crippen LogP contribution < -0.4 is 5.32 Å². The molecular weight excluding hydrogens is 166 g/mol. The van der Waals surface area contributed by atoms with Crippen LogP contribution in [0.15, 0.2) is 18.9 Å². The van der Waals surface area contributed by atoms with Gasteiger partial charge in [-0.3, -0.25) is 9.48 Å². The molecular formula is C9H13N3O. The molecule has 0 atom stereocenters. The molecule has 4 heteroatoms. The van der Waals surface area contributed by atoms with E-state index in [1.807, 2.05) is 6.92 Å². The van der Waals surface area contributed by atoms with Gasteiger partial charge in [-0.1, -0.05) is 6.08 Å². The van der Waals surface area contributed by atoms with E-state index in [-0.39, 0.29) is 5.91 Å². The second-order valence-electron chi connectivity index (χ2n) is 2.80. The minimum Gasteiger partial charge on any atom is -0.348 e. The first-order valence-corrected chi connectivity index (χ1v) is 4.04. The van der Waals surface area contributed by atoms with Gasteiger partial charge in [0.1, 0.15) is 0 Å². The quantitative estimate of drug-likeness (QED) is 0.692. The lowest BCUT2D eigenvalue weighted by atomic mass is 10.2. The SMILES string of the molecule is C=CCNC(=O)c1cn(C)nc1C. The van der Waals surface area contributed by atoms with Gasteiger partial charge in [0, 0.05) is 19.8 Å². The Labute approximate surface area is 77.3 Å². The third-order valence-corrected chi connectivity index (χ3v) is 1.67. The van der Waals surface area contributed by atoms with Gasteiger partial charge in [-0.05, 0) is 6.92 Å². The maximum atomic E-state index is 11.4. The smallest absolute Gasteiger partial charge is 0.254 e.